The first kappa shape index (κ1) is 16.3. The van der Waals surface area contributed by atoms with Crippen LogP contribution in [0.1, 0.15) is 46.5 Å². The van der Waals surface area contributed by atoms with Gasteiger partial charge in [-0.2, -0.15) is 0 Å². The predicted octanol–water partition coefficient (Wildman–Crippen LogP) is 0.721. The van der Waals surface area contributed by atoms with Gasteiger partial charge < -0.3 is 15.7 Å². The van der Waals surface area contributed by atoms with Crippen molar-refractivity contribution in [3.8, 4) is 0 Å². The summed E-state index contributed by atoms with van der Waals surface area (Å²) in [4.78, 5) is 1.69. The number of hydrogen-bond acceptors (Lipinski definition) is 3. The normalized spacial score (nSPS) is 15.0. The van der Waals surface area contributed by atoms with Gasteiger partial charge >= 0.3 is 0 Å². The molecule has 0 saturated carbocycles. The van der Waals surface area contributed by atoms with E-state index in [2.05, 4.69) is 6.92 Å². The highest BCUT2D eigenvalue weighted by Gasteiger charge is 2.14. The van der Waals surface area contributed by atoms with E-state index < -0.39 is 12.5 Å². The molecule has 0 aromatic carbocycles. The largest absolute Gasteiger partial charge is 0.412 e. The molecule has 4 heteroatoms. The second kappa shape index (κ2) is 9.40. The van der Waals surface area contributed by atoms with E-state index in [0.717, 1.165) is 13.0 Å². The van der Waals surface area contributed by atoms with E-state index in [1.54, 1.807) is 18.7 Å². The standard InChI is InChI=1S/C10H23NO2.H2O/c1-4-5-6-7-8-11(9(2)12)10(3)13;/h9-10,12-13H,4-8H2,1-3H3;1H2. The maximum atomic E-state index is 9.31. The summed E-state index contributed by atoms with van der Waals surface area (Å²) in [5.41, 5.74) is 0. The molecule has 88 valence electrons. The van der Waals surface area contributed by atoms with Gasteiger partial charge in [0, 0.05) is 6.54 Å². The molecule has 0 aliphatic heterocycles. The number of rotatable bonds is 7. The Labute approximate surface area is 86.9 Å². The van der Waals surface area contributed by atoms with Gasteiger partial charge in [0.05, 0.1) is 0 Å². The van der Waals surface area contributed by atoms with Crippen molar-refractivity contribution in [2.75, 3.05) is 6.54 Å². The summed E-state index contributed by atoms with van der Waals surface area (Å²) in [6.07, 6.45) is 3.55. The third-order valence-corrected chi connectivity index (χ3v) is 2.23. The molecule has 0 aromatic heterocycles. The van der Waals surface area contributed by atoms with Crippen molar-refractivity contribution in [1.29, 1.82) is 0 Å². The van der Waals surface area contributed by atoms with Crippen LogP contribution in [0.3, 0.4) is 0 Å². The summed E-state index contributed by atoms with van der Waals surface area (Å²) in [7, 11) is 0. The second-order valence-electron chi connectivity index (χ2n) is 3.56. The maximum Gasteiger partial charge on any atom is 0.106 e. The van der Waals surface area contributed by atoms with E-state index in [-0.39, 0.29) is 5.48 Å². The van der Waals surface area contributed by atoms with Crippen LogP contribution in [0, 0.1) is 0 Å². The van der Waals surface area contributed by atoms with Crippen molar-refractivity contribution < 1.29 is 15.7 Å². The van der Waals surface area contributed by atoms with Gasteiger partial charge in [0.15, 0.2) is 0 Å². The lowest BCUT2D eigenvalue weighted by molar-refractivity contribution is -0.0844. The van der Waals surface area contributed by atoms with Crippen molar-refractivity contribution in [3.63, 3.8) is 0 Å². The third-order valence-electron chi connectivity index (χ3n) is 2.23. The quantitative estimate of drug-likeness (QED) is 0.477. The SMILES string of the molecule is CCCCCCN(C(C)O)C(C)O.O. The van der Waals surface area contributed by atoms with Gasteiger partial charge in [-0.05, 0) is 20.3 Å². The summed E-state index contributed by atoms with van der Waals surface area (Å²) < 4.78 is 0. The van der Waals surface area contributed by atoms with Crippen LogP contribution >= 0.6 is 0 Å². The number of aliphatic hydroxyl groups is 2. The van der Waals surface area contributed by atoms with Crippen LogP contribution in [0.4, 0.5) is 0 Å². The van der Waals surface area contributed by atoms with Crippen LogP contribution in [-0.4, -0.2) is 39.6 Å². The van der Waals surface area contributed by atoms with Gasteiger partial charge in [0.25, 0.3) is 0 Å². The average molecular weight is 207 g/mol. The number of aliphatic hydroxyl groups excluding tert-OH is 2. The average Bonchev–Trinajstić information content (AvgIpc) is 2.02. The zero-order valence-electron chi connectivity index (χ0n) is 9.53. The summed E-state index contributed by atoms with van der Waals surface area (Å²) in [6, 6.07) is 0. The summed E-state index contributed by atoms with van der Waals surface area (Å²) >= 11 is 0. The highest BCUT2D eigenvalue weighted by atomic mass is 16.3. The Bertz CT molecular complexity index is 110. The van der Waals surface area contributed by atoms with Gasteiger partial charge in [-0.3, -0.25) is 4.90 Å². The van der Waals surface area contributed by atoms with Crippen molar-refractivity contribution in [3.05, 3.63) is 0 Å². The highest BCUT2D eigenvalue weighted by molar-refractivity contribution is 4.59. The first-order chi connectivity index (χ1) is 6.09. The molecule has 2 atom stereocenters. The minimum Gasteiger partial charge on any atom is -0.412 e. The van der Waals surface area contributed by atoms with Crippen LogP contribution in [0.15, 0.2) is 0 Å². The summed E-state index contributed by atoms with van der Waals surface area (Å²) in [5, 5.41) is 18.6. The van der Waals surface area contributed by atoms with E-state index in [0.29, 0.717) is 0 Å². The van der Waals surface area contributed by atoms with Gasteiger partial charge in [0.1, 0.15) is 12.5 Å². The van der Waals surface area contributed by atoms with E-state index in [1.807, 2.05) is 0 Å². The monoisotopic (exact) mass is 207 g/mol. The molecule has 0 spiro atoms. The molecule has 0 fully saturated rings. The molecule has 0 bridgehead atoms. The molecule has 2 unspecified atom stereocenters. The Morgan fingerprint density at radius 3 is 1.86 bits per heavy atom. The fourth-order valence-corrected chi connectivity index (χ4v) is 1.41. The Morgan fingerprint density at radius 1 is 1.00 bits per heavy atom. The molecule has 0 amide bonds. The van der Waals surface area contributed by atoms with Gasteiger partial charge in [0.2, 0.25) is 0 Å². The minimum absolute atomic E-state index is 0. The van der Waals surface area contributed by atoms with Crippen molar-refractivity contribution in [2.45, 2.75) is 58.9 Å². The second-order valence-corrected chi connectivity index (χ2v) is 3.56. The molecule has 4 N–H and O–H groups in total. The number of unbranched alkanes of at least 4 members (excludes halogenated alkanes) is 3. The smallest absolute Gasteiger partial charge is 0.106 e. The zero-order valence-corrected chi connectivity index (χ0v) is 9.53. The molecule has 4 nitrogen and oxygen atoms in total. The van der Waals surface area contributed by atoms with Crippen molar-refractivity contribution in [2.24, 2.45) is 0 Å². The van der Waals surface area contributed by atoms with Crippen molar-refractivity contribution >= 4 is 0 Å². The molecular weight excluding hydrogens is 182 g/mol. The van der Waals surface area contributed by atoms with Crippen LogP contribution in [-0.2, 0) is 0 Å². The lowest BCUT2D eigenvalue weighted by Gasteiger charge is -2.27. The molecule has 0 aliphatic rings. The van der Waals surface area contributed by atoms with Crippen molar-refractivity contribution in [1.82, 2.24) is 4.90 Å². The van der Waals surface area contributed by atoms with E-state index >= 15 is 0 Å². The molecule has 0 radical (unpaired) electrons. The third kappa shape index (κ3) is 7.26. The summed E-state index contributed by atoms with van der Waals surface area (Å²) in [5.74, 6) is 0. The lowest BCUT2D eigenvalue weighted by Crippen LogP contribution is -2.40. The fourth-order valence-electron chi connectivity index (χ4n) is 1.41. The lowest BCUT2D eigenvalue weighted by atomic mass is 10.2. The zero-order chi connectivity index (χ0) is 10.3. The molecule has 14 heavy (non-hydrogen) atoms. The molecule has 0 aromatic rings. The van der Waals surface area contributed by atoms with Crippen LogP contribution in [0.25, 0.3) is 0 Å². The Hall–Kier alpha value is -0.160. The van der Waals surface area contributed by atoms with Gasteiger partial charge in [-0.25, -0.2) is 0 Å². The van der Waals surface area contributed by atoms with Gasteiger partial charge in [-0.1, -0.05) is 26.2 Å². The molecule has 0 saturated heterocycles. The van der Waals surface area contributed by atoms with E-state index in [4.69, 9.17) is 0 Å². The fraction of sp³-hybridized carbons (Fsp3) is 1.00. The van der Waals surface area contributed by atoms with Crippen LogP contribution in [0.2, 0.25) is 0 Å². The van der Waals surface area contributed by atoms with E-state index in [9.17, 15) is 10.2 Å². The number of nitrogens with zero attached hydrogens (tertiary/aromatic N) is 1. The Morgan fingerprint density at radius 2 is 1.50 bits per heavy atom. The predicted molar refractivity (Wildman–Crippen MR) is 57.8 cm³/mol. The first-order valence-electron chi connectivity index (χ1n) is 5.21. The molecular formula is C10H25NO3. The summed E-state index contributed by atoms with van der Waals surface area (Å²) in [6.45, 7) is 6.31. The van der Waals surface area contributed by atoms with E-state index in [1.165, 1.54) is 19.3 Å². The Kier molecular flexibility index (Phi) is 10.9. The minimum atomic E-state index is -0.554. The van der Waals surface area contributed by atoms with Gasteiger partial charge in [-0.15, -0.1) is 0 Å². The first-order valence-corrected chi connectivity index (χ1v) is 5.21. The highest BCUT2D eigenvalue weighted by Crippen LogP contribution is 2.06. The van der Waals surface area contributed by atoms with Crippen LogP contribution < -0.4 is 0 Å². The molecule has 0 aliphatic carbocycles. The Balaban J connectivity index is 0. The van der Waals surface area contributed by atoms with Crippen LogP contribution in [0.5, 0.6) is 0 Å². The molecule has 0 heterocycles. The molecule has 0 rings (SSSR count). The number of hydrogen-bond donors (Lipinski definition) is 2. The topological polar surface area (TPSA) is 75.2 Å². The maximum absolute atomic E-state index is 9.31.